The first kappa shape index (κ1) is 18.2. The zero-order chi connectivity index (χ0) is 19.3. The fourth-order valence-corrected chi connectivity index (χ4v) is 5.09. The van der Waals surface area contributed by atoms with E-state index in [-0.39, 0.29) is 17.3 Å². The van der Waals surface area contributed by atoms with Crippen LogP contribution in [0, 0.1) is 0 Å². The van der Waals surface area contributed by atoms with E-state index >= 15 is 0 Å². The zero-order valence-electron chi connectivity index (χ0n) is 16.0. The second-order valence-electron chi connectivity index (χ2n) is 8.06. The second-order valence-corrected chi connectivity index (χ2v) is 9.05. The van der Waals surface area contributed by atoms with Crippen LogP contribution in [0.25, 0.3) is 20.4 Å². The number of pyridine rings is 1. The highest BCUT2D eigenvalue weighted by molar-refractivity contribution is 7.25. The summed E-state index contributed by atoms with van der Waals surface area (Å²) in [6.45, 7) is 6.61. The topological polar surface area (TPSA) is 86.3 Å². The number of thiophene rings is 1. The maximum atomic E-state index is 12.3. The van der Waals surface area contributed by atoms with Crippen molar-refractivity contribution < 1.29 is 14.2 Å². The van der Waals surface area contributed by atoms with E-state index in [1.54, 1.807) is 0 Å². The average molecular weight is 401 g/mol. The van der Waals surface area contributed by atoms with Crippen molar-refractivity contribution >= 4 is 31.8 Å². The molecule has 1 saturated heterocycles. The minimum Gasteiger partial charge on any atom is -0.381 e. The number of hydrogen-bond acceptors (Lipinski definition) is 7. The van der Waals surface area contributed by atoms with Gasteiger partial charge in [0.05, 0.1) is 42.5 Å². The van der Waals surface area contributed by atoms with Crippen molar-refractivity contribution in [2.24, 2.45) is 0 Å². The quantitative estimate of drug-likeness (QED) is 0.726. The maximum absolute atomic E-state index is 12.3. The number of rotatable bonds is 3. The molecule has 7 nitrogen and oxygen atoms in total. The number of fused-ring (bicyclic) bond motifs is 4. The van der Waals surface area contributed by atoms with Crippen molar-refractivity contribution in [3.05, 3.63) is 33.5 Å². The highest BCUT2D eigenvalue weighted by atomic mass is 32.1. The number of aromatic amines is 1. The fraction of sp³-hybridized carbons (Fsp3) is 0.550. The van der Waals surface area contributed by atoms with E-state index in [1.807, 2.05) is 0 Å². The fourth-order valence-electron chi connectivity index (χ4n) is 4.02. The summed E-state index contributed by atoms with van der Waals surface area (Å²) in [6, 6.07) is 0. The van der Waals surface area contributed by atoms with Gasteiger partial charge in [0.15, 0.2) is 0 Å². The van der Waals surface area contributed by atoms with Crippen LogP contribution < -0.4 is 5.56 Å². The Bertz CT molecular complexity index is 1100. The molecule has 148 valence electrons. The van der Waals surface area contributed by atoms with Gasteiger partial charge < -0.3 is 19.2 Å². The van der Waals surface area contributed by atoms with E-state index in [0.717, 1.165) is 59.5 Å². The maximum Gasteiger partial charge on any atom is 0.268 e. The Morgan fingerprint density at radius 1 is 1.36 bits per heavy atom. The van der Waals surface area contributed by atoms with Gasteiger partial charge in [-0.1, -0.05) is 0 Å². The van der Waals surface area contributed by atoms with Crippen LogP contribution in [0.1, 0.15) is 43.5 Å². The number of ether oxygens (including phenoxy) is 3. The minimum atomic E-state index is -0.251. The number of nitrogens with zero attached hydrogens (tertiary/aromatic N) is 2. The average Bonchev–Trinajstić information content (AvgIpc) is 3.05. The summed E-state index contributed by atoms with van der Waals surface area (Å²) in [5, 5.41) is 0.931. The predicted octanol–water partition coefficient (Wildman–Crippen LogP) is 3.08. The van der Waals surface area contributed by atoms with Gasteiger partial charge >= 0.3 is 0 Å². The summed E-state index contributed by atoms with van der Waals surface area (Å²) < 4.78 is 18.4. The third-order valence-corrected chi connectivity index (χ3v) is 6.61. The first-order valence-corrected chi connectivity index (χ1v) is 10.5. The molecule has 2 aliphatic rings. The molecule has 0 aliphatic carbocycles. The molecule has 1 N–H and O–H groups in total. The SMILES string of the molecule is CC1(C)Cc2nc3sc4c(=O)[nH]cnc4c3c(COC3CCOCC3)c2CO1. The molecular formula is C20H23N3O4S. The van der Waals surface area contributed by atoms with Crippen LogP contribution in [-0.4, -0.2) is 39.9 Å². The normalized spacial score (nSPS) is 19.9. The molecule has 5 rings (SSSR count). The molecule has 2 aliphatic heterocycles. The summed E-state index contributed by atoms with van der Waals surface area (Å²) >= 11 is 1.40. The van der Waals surface area contributed by atoms with Crippen LogP contribution in [0.15, 0.2) is 11.1 Å². The molecule has 0 atom stereocenters. The molecule has 0 amide bonds. The molecule has 0 saturated carbocycles. The standard InChI is InChI=1S/C20H23N3O4S/c1-20(2)7-14-12(9-27-20)13(8-26-11-3-5-25-6-4-11)15-16-17(28-19(15)23-14)18(24)22-10-21-16/h10-11H,3-9H2,1-2H3,(H,21,22,24). The van der Waals surface area contributed by atoms with E-state index in [2.05, 4.69) is 23.8 Å². The lowest BCUT2D eigenvalue weighted by atomic mass is 9.92. The number of H-pyrrole nitrogens is 1. The molecule has 0 aromatic carbocycles. The molecule has 0 bridgehead atoms. The molecule has 0 radical (unpaired) electrons. The lowest BCUT2D eigenvalue weighted by Gasteiger charge is -2.32. The van der Waals surface area contributed by atoms with Gasteiger partial charge in [0.25, 0.3) is 5.56 Å². The van der Waals surface area contributed by atoms with Gasteiger partial charge in [-0.25, -0.2) is 9.97 Å². The Balaban J connectivity index is 1.66. The van der Waals surface area contributed by atoms with Gasteiger partial charge in [0.2, 0.25) is 0 Å². The summed E-state index contributed by atoms with van der Waals surface area (Å²) in [6.07, 6.45) is 4.19. The lowest BCUT2D eigenvalue weighted by molar-refractivity contribution is -0.0483. The van der Waals surface area contributed by atoms with Crippen LogP contribution in [0.2, 0.25) is 0 Å². The summed E-state index contributed by atoms with van der Waals surface area (Å²) in [5.41, 5.74) is 3.51. The van der Waals surface area contributed by atoms with E-state index in [9.17, 15) is 4.79 Å². The number of nitrogens with one attached hydrogen (secondary N) is 1. The highest BCUT2D eigenvalue weighted by Crippen LogP contribution is 2.38. The van der Waals surface area contributed by atoms with Crippen molar-refractivity contribution in [3.8, 4) is 0 Å². The Kier molecular flexibility index (Phi) is 4.46. The van der Waals surface area contributed by atoms with Crippen LogP contribution >= 0.6 is 11.3 Å². The third kappa shape index (κ3) is 3.14. The molecular weight excluding hydrogens is 378 g/mol. The Hall–Kier alpha value is -1.87. The molecule has 3 aromatic rings. The smallest absolute Gasteiger partial charge is 0.268 e. The van der Waals surface area contributed by atoms with Crippen LogP contribution in [0.3, 0.4) is 0 Å². The lowest BCUT2D eigenvalue weighted by Crippen LogP contribution is -2.33. The van der Waals surface area contributed by atoms with Crippen molar-refractivity contribution in [2.45, 2.75) is 58.0 Å². The predicted molar refractivity (Wildman–Crippen MR) is 107 cm³/mol. The van der Waals surface area contributed by atoms with Gasteiger partial charge in [-0.2, -0.15) is 0 Å². The Morgan fingerprint density at radius 2 is 2.18 bits per heavy atom. The molecule has 8 heteroatoms. The van der Waals surface area contributed by atoms with E-state index < -0.39 is 0 Å². The molecule has 28 heavy (non-hydrogen) atoms. The molecule has 0 spiro atoms. The molecule has 3 aromatic heterocycles. The van der Waals surface area contributed by atoms with Gasteiger partial charge in [-0.3, -0.25) is 4.79 Å². The van der Waals surface area contributed by atoms with Gasteiger partial charge in [-0.15, -0.1) is 11.3 Å². The van der Waals surface area contributed by atoms with Gasteiger partial charge in [0.1, 0.15) is 9.53 Å². The third-order valence-electron chi connectivity index (χ3n) is 5.54. The second kappa shape index (κ2) is 6.88. The van der Waals surface area contributed by atoms with Crippen molar-refractivity contribution in [1.82, 2.24) is 15.0 Å². The molecule has 5 heterocycles. The number of hydrogen-bond donors (Lipinski definition) is 1. The van der Waals surface area contributed by atoms with E-state index in [4.69, 9.17) is 19.2 Å². The van der Waals surface area contributed by atoms with Crippen LogP contribution in [0.4, 0.5) is 0 Å². The highest BCUT2D eigenvalue weighted by Gasteiger charge is 2.31. The zero-order valence-corrected chi connectivity index (χ0v) is 16.9. The van der Waals surface area contributed by atoms with Gasteiger partial charge in [0, 0.05) is 30.6 Å². The monoisotopic (exact) mass is 401 g/mol. The summed E-state index contributed by atoms with van der Waals surface area (Å²) in [7, 11) is 0. The van der Waals surface area contributed by atoms with Gasteiger partial charge in [-0.05, 0) is 32.3 Å². The van der Waals surface area contributed by atoms with Crippen LogP contribution in [-0.2, 0) is 33.8 Å². The largest absolute Gasteiger partial charge is 0.381 e. The molecule has 0 unspecified atom stereocenters. The summed E-state index contributed by atoms with van der Waals surface area (Å²) in [4.78, 5) is 25.2. The van der Waals surface area contributed by atoms with E-state index in [1.165, 1.54) is 17.7 Å². The first-order chi connectivity index (χ1) is 13.5. The van der Waals surface area contributed by atoms with E-state index in [0.29, 0.717) is 23.4 Å². The first-order valence-electron chi connectivity index (χ1n) is 9.66. The van der Waals surface area contributed by atoms with Crippen molar-refractivity contribution in [3.63, 3.8) is 0 Å². The number of aromatic nitrogens is 3. The van der Waals surface area contributed by atoms with Crippen LogP contribution in [0.5, 0.6) is 0 Å². The Morgan fingerprint density at radius 3 is 3.00 bits per heavy atom. The van der Waals surface area contributed by atoms with Crippen molar-refractivity contribution in [1.29, 1.82) is 0 Å². The van der Waals surface area contributed by atoms with Crippen molar-refractivity contribution in [2.75, 3.05) is 13.2 Å². The summed E-state index contributed by atoms with van der Waals surface area (Å²) in [5.74, 6) is 0. The molecule has 1 fully saturated rings. The minimum absolute atomic E-state index is 0.126. The Labute approximate surface area is 166 Å².